The minimum absolute atomic E-state index is 0.177. The molecule has 1 heterocycles. The lowest BCUT2D eigenvalue weighted by Gasteiger charge is -2.34. The fraction of sp³-hybridized carbons (Fsp3) is 0.727. The second-order valence-corrected chi connectivity index (χ2v) is 4.71. The van der Waals surface area contributed by atoms with E-state index in [2.05, 4.69) is 5.32 Å². The highest BCUT2D eigenvalue weighted by Gasteiger charge is 2.49. The highest BCUT2D eigenvalue weighted by molar-refractivity contribution is 6.04. The van der Waals surface area contributed by atoms with E-state index in [-0.39, 0.29) is 6.42 Å². The molecule has 96 valence electrons. The number of rotatable bonds is 4. The number of carbonyl (C=O) groups excluding carboxylic acids is 2. The highest BCUT2D eigenvalue weighted by atomic mass is 16.6. The zero-order valence-electron chi connectivity index (χ0n) is 9.99. The van der Waals surface area contributed by atoms with Gasteiger partial charge in [0.25, 0.3) is 0 Å². The second-order valence-electron chi connectivity index (χ2n) is 4.71. The van der Waals surface area contributed by atoms with Crippen LogP contribution in [0.5, 0.6) is 0 Å². The number of aliphatic carboxylic acids is 1. The Morgan fingerprint density at radius 2 is 2.06 bits per heavy atom. The maximum atomic E-state index is 11.9. The van der Waals surface area contributed by atoms with E-state index in [4.69, 9.17) is 4.74 Å². The van der Waals surface area contributed by atoms with E-state index >= 15 is 0 Å². The first-order valence-corrected chi connectivity index (χ1v) is 5.52. The SMILES string of the molecule is CC(C)(C=O)OC(=O)C1(C(=O)O)CCCCN1. The van der Waals surface area contributed by atoms with Gasteiger partial charge in [-0.25, -0.2) is 9.59 Å². The van der Waals surface area contributed by atoms with Crippen molar-refractivity contribution in [1.82, 2.24) is 5.32 Å². The molecule has 0 aromatic rings. The first kappa shape index (κ1) is 13.6. The smallest absolute Gasteiger partial charge is 0.339 e. The summed E-state index contributed by atoms with van der Waals surface area (Å²) < 4.78 is 4.94. The van der Waals surface area contributed by atoms with Gasteiger partial charge in [0.1, 0.15) is 0 Å². The van der Waals surface area contributed by atoms with Gasteiger partial charge in [0, 0.05) is 0 Å². The quantitative estimate of drug-likeness (QED) is 0.413. The molecule has 6 nitrogen and oxygen atoms in total. The molecule has 1 atom stereocenters. The average Bonchev–Trinajstić information content (AvgIpc) is 2.29. The lowest BCUT2D eigenvalue weighted by molar-refractivity contribution is -0.174. The van der Waals surface area contributed by atoms with Crippen molar-refractivity contribution in [2.75, 3.05) is 6.54 Å². The lowest BCUT2D eigenvalue weighted by atomic mass is 9.89. The minimum Gasteiger partial charge on any atom is -0.479 e. The van der Waals surface area contributed by atoms with Crippen molar-refractivity contribution in [2.45, 2.75) is 44.2 Å². The molecular formula is C11H17NO5. The van der Waals surface area contributed by atoms with Crippen LogP contribution in [0.3, 0.4) is 0 Å². The molecule has 1 saturated heterocycles. The summed E-state index contributed by atoms with van der Waals surface area (Å²) in [4.78, 5) is 33.8. The monoisotopic (exact) mass is 243 g/mol. The maximum absolute atomic E-state index is 11.9. The number of hydrogen-bond donors (Lipinski definition) is 2. The Morgan fingerprint density at radius 1 is 1.41 bits per heavy atom. The van der Waals surface area contributed by atoms with E-state index in [0.29, 0.717) is 19.3 Å². The Hall–Kier alpha value is -1.43. The molecule has 0 aliphatic carbocycles. The Kier molecular flexibility index (Phi) is 3.87. The Bertz CT molecular complexity index is 331. The first-order valence-electron chi connectivity index (χ1n) is 5.52. The van der Waals surface area contributed by atoms with Crippen LogP contribution in [0.25, 0.3) is 0 Å². The molecule has 2 N–H and O–H groups in total. The van der Waals surface area contributed by atoms with Gasteiger partial charge in [-0.3, -0.25) is 10.1 Å². The average molecular weight is 243 g/mol. The predicted molar refractivity (Wildman–Crippen MR) is 58.5 cm³/mol. The summed E-state index contributed by atoms with van der Waals surface area (Å²) in [7, 11) is 0. The number of carbonyl (C=O) groups is 3. The summed E-state index contributed by atoms with van der Waals surface area (Å²) in [5, 5.41) is 11.9. The molecular weight excluding hydrogens is 226 g/mol. The number of piperidine rings is 1. The van der Waals surface area contributed by atoms with Gasteiger partial charge in [-0.2, -0.15) is 0 Å². The molecule has 1 rings (SSSR count). The molecule has 1 fully saturated rings. The molecule has 0 bridgehead atoms. The van der Waals surface area contributed by atoms with Gasteiger partial charge in [-0.1, -0.05) is 0 Å². The topological polar surface area (TPSA) is 92.7 Å². The van der Waals surface area contributed by atoms with Crippen LogP contribution in [0.1, 0.15) is 33.1 Å². The van der Waals surface area contributed by atoms with Gasteiger partial charge in [-0.05, 0) is 39.7 Å². The molecule has 6 heteroatoms. The molecule has 1 aliphatic rings. The molecule has 0 radical (unpaired) electrons. The molecule has 1 aliphatic heterocycles. The Labute approximate surface area is 99.3 Å². The first-order chi connectivity index (χ1) is 7.84. The van der Waals surface area contributed by atoms with Gasteiger partial charge < -0.3 is 9.84 Å². The molecule has 0 amide bonds. The number of aldehydes is 1. The number of carboxylic acids is 1. The Balaban J connectivity index is 2.88. The molecule has 0 aromatic heterocycles. The van der Waals surface area contributed by atoms with Gasteiger partial charge in [0.15, 0.2) is 11.9 Å². The Morgan fingerprint density at radius 3 is 2.47 bits per heavy atom. The van der Waals surface area contributed by atoms with E-state index in [1.54, 1.807) is 0 Å². The molecule has 1 unspecified atom stereocenters. The summed E-state index contributed by atoms with van der Waals surface area (Å²) in [6, 6.07) is 0. The van der Waals surface area contributed by atoms with Crippen LogP contribution in [-0.4, -0.2) is 41.0 Å². The van der Waals surface area contributed by atoms with Crippen molar-refractivity contribution in [3.8, 4) is 0 Å². The van der Waals surface area contributed by atoms with Crippen molar-refractivity contribution in [2.24, 2.45) is 0 Å². The van der Waals surface area contributed by atoms with Crippen LogP contribution >= 0.6 is 0 Å². The van der Waals surface area contributed by atoms with Gasteiger partial charge in [0.05, 0.1) is 0 Å². The second kappa shape index (κ2) is 4.83. The molecule has 0 saturated carbocycles. The van der Waals surface area contributed by atoms with E-state index in [9.17, 15) is 19.5 Å². The van der Waals surface area contributed by atoms with Crippen molar-refractivity contribution in [3.63, 3.8) is 0 Å². The lowest BCUT2D eigenvalue weighted by Crippen LogP contribution is -2.62. The zero-order chi connectivity index (χ0) is 13.1. The maximum Gasteiger partial charge on any atom is 0.339 e. The van der Waals surface area contributed by atoms with Crippen LogP contribution in [-0.2, 0) is 19.1 Å². The van der Waals surface area contributed by atoms with E-state index in [0.717, 1.165) is 6.42 Å². The highest BCUT2D eigenvalue weighted by Crippen LogP contribution is 2.23. The zero-order valence-corrected chi connectivity index (χ0v) is 9.99. The van der Waals surface area contributed by atoms with Crippen LogP contribution in [0.15, 0.2) is 0 Å². The van der Waals surface area contributed by atoms with E-state index in [1.807, 2.05) is 0 Å². The normalized spacial score (nSPS) is 25.1. The summed E-state index contributed by atoms with van der Waals surface area (Å²) in [6.45, 7) is 3.27. The van der Waals surface area contributed by atoms with Gasteiger partial charge in [-0.15, -0.1) is 0 Å². The number of esters is 1. The van der Waals surface area contributed by atoms with Gasteiger partial charge in [0.2, 0.25) is 5.54 Å². The van der Waals surface area contributed by atoms with Crippen molar-refractivity contribution >= 4 is 18.2 Å². The predicted octanol–water partition coefficient (Wildman–Crippen LogP) is 0.104. The third-order valence-corrected chi connectivity index (χ3v) is 2.76. The van der Waals surface area contributed by atoms with Crippen LogP contribution < -0.4 is 5.32 Å². The summed E-state index contributed by atoms with van der Waals surface area (Å²) in [6.07, 6.45) is 2.11. The summed E-state index contributed by atoms with van der Waals surface area (Å²) in [5.41, 5.74) is -3.02. The third-order valence-electron chi connectivity index (χ3n) is 2.76. The standard InChI is InChI=1S/C11H17NO5/c1-10(2,7-13)17-9(16)11(8(14)15)5-3-4-6-12-11/h7,12H,3-6H2,1-2H3,(H,14,15). The van der Waals surface area contributed by atoms with Crippen molar-refractivity contribution in [1.29, 1.82) is 0 Å². The largest absolute Gasteiger partial charge is 0.479 e. The van der Waals surface area contributed by atoms with Crippen molar-refractivity contribution < 1.29 is 24.2 Å². The molecule has 0 spiro atoms. The van der Waals surface area contributed by atoms with E-state index < -0.39 is 23.1 Å². The van der Waals surface area contributed by atoms with Crippen molar-refractivity contribution in [3.05, 3.63) is 0 Å². The van der Waals surface area contributed by atoms with Crippen LogP contribution in [0, 0.1) is 0 Å². The fourth-order valence-electron chi connectivity index (χ4n) is 1.70. The molecule has 17 heavy (non-hydrogen) atoms. The number of hydrogen-bond acceptors (Lipinski definition) is 5. The minimum atomic E-state index is -1.71. The third kappa shape index (κ3) is 2.82. The number of nitrogens with one attached hydrogen (secondary N) is 1. The summed E-state index contributed by atoms with van der Waals surface area (Å²) >= 11 is 0. The van der Waals surface area contributed by atoms with Crippen LogP contribution in [0.2, 0.25) is 0 Å². The van der Waals surface area contributed by atoms with Gasteiger partial charge >= 0.3 is 11.9 Å². The van der Waals surface area contributed by atoms with Crippen LogP contribution in [0.4, 0.5) is 0 Å². The summed E-state index contributed by atoms with van der Waals surface area (Å²) in [5.74, 6) is -2.16. The molecule has 0 aromatic carbocycles. The fourth-order valence-corrected chi connectivity index (χ4v) is 1.70. The number of carboxylic acid groups (broad SMARTS) is 1. The number of ether oxygens (including phenoxy) is 1. The van der Waals surface area contributed by atoms with E-state index in [1.165, 1.54) is 13.8 Å².